The highest BCUT2D eigenvalue weighted by molar-refractivity contribution is 8.93. The minimum Gasteiger partial charge on any atom is -0.507 e. The van der Waals surface area contributed by atoms with Crippen molar-refractivity contribution in [1.82, 2.24) is 4.98 Å². The molecule has 0 saturated heterocycles. The second kappa shape index (κ2) is 9.26. The van der Waals surface area contributed by atoms with Gasteiger partial charge in [0.05, 0.1) is 16.3 Å². The number of anilines is 1. The first-order valence-corrected chi connectivity index (χ1v) is 9.35. The molecule has 0 unspecified atom stereocenters. The standard InChI is InChI=1S/C18H14N4O5S.BrH/c23-16-9-6-13(11-15(16)18(24)25)21-20-12-4-7-14(8-5-12)28(26,27)22-17-3-1-2-10-19-17;/h1-11,23H,(H,19,22)(H,24,25);1H. The molecule has 1 heterocycles. The number of nitrogens with one attached hydrogen (secondary N) is 1. The number of hydrogen-bond donors (Lipinski definition) is 3. The number of benzene rings is 2. The molecule has 1 aromatic heterocycles. The normalized spacial score (nSPS) is 11.0. The second-order valence-corrected chi connectivity index (χ2v) is 7.20. The van der Waals surface area contributed by atoms with Gasteiger partial charge >= 0.3 is 5.97 Å². The van der Waals surface area contributed by atoms with Crippen LogP contribution in [0.25, 0.3) is 0 Å². The summed E-state index contributed by atoms with van der Waals surface area (Å²) in [7, 11) is -3.79. The Labute approximate surface area is 176 Å². The van der Waals surface area contributed by atoms with Crippen LogP contribution in [0.2, 0.25) is 0 Å². The number of carbonyl (C=O) groups is 1. The Hall–Kier alpha value is -3.31. The van der Waals surface area contributed by atoms with Gasteiger partial charge in [0.15, 0.2) is 0 Å². The van der Waals surface area contributed by atoms with Crippen molar-refractivity contribution in [3.05, 3.63) is 72.4 Å². The summed E-state index contributed by atoms with van der Waals surface area (Å²) in [6.07, 6.45) is 1.47. The van der Waals surface area contributed by atoms with Gasteiger partial charge in [-0.15, -0.1) is 17.0 Å². The monoisotopic (exact) mass is 478 g/mol. The fourth-order valence-corrected chi connectivity index (χ4v) is 3.19. The van der Waals surface area contributed by atoms with Crippen LogP contribution < -0.4 is 4.72 Å². The molecule has 0 bridgehead atoms. The van der Waals surface area contributed by atoms with Crippen LogP contribution >= 0.6 is 17.0 Å². The van der Waals surface area contributed by atoms with Crippen LogP contribution in [0.15, 0.2) is 82.0 Å². The summed E-state index contributed by atoms with van der Waals surface area (Å²) in [5, 5.41) is 26.3. The summed E-state index contributed by atoms with van der Waals surface area (Å²) in [6.45, 7) is 0. The summed E-state index contributed by atoms with van der Waals surface area (Å²) in [6, 6.07) is 14.3. The number of hydrogen-bond acceptors (Lipinski definition) is 7. The van der Waals surface area contributed by atoms with E-state index < -0.39 is 16.0 Å². The van der Waals surface area contributed by atoms with Crippen LogP contribution in [0, 0.1) is 0 Å². The van der Waals surface area contributed by atoms with Gasteiger partial charge < -0.3 is 10.2 Å². The molecule has 0 atom stereocenters. The Kier molecular flexibility index (Phi) is 7.02. The van der Waals surface area contributed by atoms with E-state index in [1.807, 2.05) is 0 Å². The highest BCUT2D eigenvalue weighted by Gasteiger charge is 2.14. The van der Waals surface area contributed by atoms with E-state index in [1.165, 1.54) is 54.7 Å². The Balaban J connectivity index is 0.00000300. The number of phenols is 1. The van der Waals surface area contributed by atoms with Gasteiger partial charge in [0.25, 0.3) is 10.0 Å². The third-order valence-electron chi connectivity index (χ3n) is 3.54. The van der Waals surface area contributed by atoms with Crippen LogP contribution in [0.3, 0.4) is 0 Å². The summed E-state index contributed by atoms with van der Waals surface area (Å²) < 4.78 is 27.0. The highest BCUT2D eigenvalue weighted by atomic mass is 79.9. The van der Waals surface area contributed by atoms with Crippen molar-refractivity contribution >= 4 is 50.2 Å². The number of aromatic carboxylic acids is 1. The lowest BCUT2D eigenvalue weighted by Gasteiger charge is -2.07. The van der Waals surface area contributed by atoms with Crippen molar-refractivity contribution in [2.24, 2.45) is 10.2 Å². The summed E-state index contributed by atoms with van der Waals surface area (Å²) in [5.74, 6) is -1.46. The molecule has 9 nitrogen and oxygen atoms in total. The van der Waals surface area contributed by atoms with Gasteiger partial charge in [-0.2, -0.15) is 10.2 Å². The van der Waals surface area contributed by atoms with Crippen molar-refractivity contribution < 1.29 is 23.4 Å². The molecule has 3 aromatic rings. The number of aromatic hydroxyl groups is 1. The molecule has 0 fully saturated rings. The molecule has 3 rings (SSSR count). The molecule has 0 amide bonds. The lowest BCUT2D eigenvalue weighted by Crippen LogP contribution is -2.13. The summed E-state index contributed by atoms with van der Waals surface area (Å²) in [5.41, 5.74) is 0.295. The molecular weight excluding hydrogens is 464 g/mol. The number of aromatic nitrogens is 1. The summed E-state index contributed by atoms with van der Waals surface area (Å²) in [4.78, 5) is 14.9. The Morgan fingerprint density at radius 3 is 2.24 bits per heavy atom. The van der Waals surface area contributed by atoms with Crippen LogP contribution in [-0.4, -0.2) is 29.6 Å². The second-order valence-electron chi connectivity index (χ2n) is 5.52. The highest BCUT2D eigenvalue weighted by Crippen LogP contribution is 2.25. The molecule has 0 aliphatic rings. The Bertz CT molecular complexity index is 1140. The van der Waals surface area contributed by atoms with Gasteiger partial charge in [-0.05, 0) is 54.6 Å². The first-order valence-electron chi connectivity index (χ1n) is 7.87. The van der Waals surface area contributed by atoms with E-state index in [-0.39, 0.29) is 44.7 Å². The van der Waals surface area contributed by atoms with E-state index in [1.54, 1.807) is 12.1 Å². The zero-order valence-corrected chi connectivity index (χ0v) is 17.2. The smallest absolute Gasteiger partial charge is 0.339 e. The largest absolute Gasteiger partial charge is 0.507 e. The number of halogens is 1. The molecule has 11 heteroatoms. The number of sulfonamides is 1. The Morgan fingerprint density at radius 2 is 1.62 bits per heavy atom. The van der Waals surface area contributed by atoms with Gasteiger partial charge in [0.1, 0.15) is 17.1 Å². The maximum atomic E-state index is 12.3. The molecule has 0 aliphatic carbocycles. The predicted octanol–water partition coefficient (Wildman–Crippen LogP) is 4.28. The number of carboxylic acid groups (broad SMARTS) is 1. The quantitative estimate of drug-likeness (QED) is 0.451. The molecular formula is C18H15BrN4O5S. The van der Waals surface area contributed by atoms with E-state index in [4.69, 9.17) is 5.11 Å². The average Bonchev–Trinajstić information content (AvgIpc) is 2.68. The average molecular weight is 479 g/mol. The SMILES string of the molecule is Br.O=C(O)c1cc(N=Nc2ccc(S(=O)(=O)Nc3ccccn3)cc2)ccc1O. The molecule has 0 spiro atoms. The number of rotatable bonds is 6. The van der Waals surface area contributed by atoms with Gasteiger partial charge in [0, 0.05) is 6.20 Å². The van der Waals surface area contributed by atoms with Gasteiger partial charge in [0.2, 0.25) is 0 Å². The van der Waals surface area contributed by atoms with Crippen LogP contribution in [0.1, 0.15) is 10.4 Å². The maximum absolute atomic E-state index is 12.3. The molecule has 2 aromatic carbocycles. The van der Waals surface area contributed by atoms with Gasteiger partial charge in [-0.25, -0.2) is 18.2 Å². The van der Waals surface area contributed by atoms with E-state index in [2.05, 4.69) is 19.9 Å². The lowest BCUT2D eigenvalue weighted by atomic mass is 10.2. The van der Waals surface area contributed by atoms with E-state index in [9.17, 15) is 18.3 Å². The van der Waals surface area contributed by atoms with Crippen LogP contribution in [0.4, 0.5) is 17.2 Å². The van der Waals surface area contributed by atoms with Crippen molar-refractivity contribution in [2.75, 3.05) is 4.72 Å². The zero-order valence-electron chi connectivity index (χ0n) is 14.6. The summed E-state index contributed by atoms with van der Waals surface area (Å²) >= 11 is 0. The van der Waals surface area contributed by atoms with Crippen molar-refractivity contribution in [3.8, 4) is 5.75 Å². The van der Waals surface area contributed by atoms with Gasteiger partial charge in [-0.1, -0.05) is 6.07 Å². The number of nitrogens with zero attached hydrogens (tertiary/aromatic N) is 3. The third kappa shape index (κ3) is 5.59. The first-order chi connectivity index (χ1) is 13.3. The molecule has 3 N–H and O–H groups in total. The molecule has 29 heavy (non-hydrogen) atoms. The predicted molar refractivity (Wildman–Crippen MR) is 111 cm³/mol. The van der Waals surface area contributed by atoms with Crippen LogP contribution in [0.5, 0.6) is 5.75 Å². The molecule has 0 saturated carbocycles. The minimum atomic E-state index is -3.79. The van der Waals surface area contributed by atoms with Crippen molar-refractivity contribution in [2.45, 2.75) is 4.90 Å². The Morgan fingerprint density at radius 1 is 0.966 bits per heavy atom. The zero-order chi connectivity index (χ0) is 20.1. The fraction of sp³-hybridized carbons (Fsp3) is 0. The lowest BCUT2D eigenvalue weighted by molar-refractivity contribution is 0.0693. The number of carboxylic acids is 1. The van der Waals surface area contributed by atoms with Crippen molar-refractivity contribution in [3.63, 3.8) is 0 Å². The number of pyridine rings is 1. The first kappa shape index (κ1) is 22.0. The number of azo groups is 1. The van der Waals surface area contributed by atoms with Crippen LogP contribution in [-0.2, 0) is 10.0 Å². The maximum Gasteiger partial charge on any atom is 0.339 e. The van der Waals surface area contributed by atoms with E-state index in [0.717, 1.165) is 0 Å². The topological polar surface area (TPSA) is 141 Å². The minimum absolute atomic E-state index is 0. The fourth-order valence-electron chi connectivity index (χ4n) is 2.18. The van der Waals surface area contributed by atoms with E-state index >= 15 is 0 Å². The molecule has 0 radical (unpaired) electrons. The van der Waals surface area contributed by atoms with Crippen molar-refractivity contribution in [1.29, 1.82) is 0 Å². The van der Waals surface area contributed by atoms with Gasteiger partial charge in [-0.3, -0.25) is 4.72 Å². The molecule has 150 valence electrons. The third-order valence-corrected chi connectivity index (χ3v) is 4.91. The van der Waals surface area contributed by atoms with E-state index in [0.29, 0.717) is 5.69 Å². The molecule has 0 aliphatic heterocycles.